The summed E-state index contributed by atoms with van der Waals surface area (Å²) in [6.45, 7) is 4.76. The quantitative estimate of drug-likeness (QED) is 0.869. The lowest BCUT2D eigenvalue weighted by atomic mass is 10.1. The number of aryl methyl sites for hydroxylation is 1. The number of nitrogens with zero attached hydrogens (tertiary/aromatic N) is 1. The maximum absolute atomic E-state index is 12.4. The van der Waals surface area contributed by atoms with Crippen LogP contribution in [0.1, 0.15) is 12.5 Å². The summed E-state index contributed by atoms with van der Waals surface area (Å²) in [6.07, 6.45) is 0. The predicted molar refractivity (Wildman–Crippen MR) is 82.0 cm³/mol. The van der Waals surface area contributed by atoms with E-state index in [1.807, 2.05) is 13.8 Å². The lowest BCUT2D eigenvalue weighted by molar-refractivity contribution is 0.464. The lowest BCUT2D eigenvalue weighted by Crippen LogP contribution is -2.32. The van der Waals surface area contributed by atoms with Crippen LogP contribution in [-0.2, 0) is 10.0 Å². The highest BCUT2D eigenvalue weighted by Crippen LogP contribution is 2.26. The summed E-state index contributed by atoms with van der Waals surface area (Å²) in [5, 5.41) is 0. The van der Waals surface area contributed by atoms with E-state index in [0.29, 0.717) is 18.0 Å². The fraction of sp³-hybridized carbons (Fsp3) is 0.500. The number of sulfonamides is 1. The largest absolute Gasteiger partial charge is 0.326 e. The molecule has 2 atom stereocenters. The van der Waals surface area contributed by atoms with Gasteiger partial charge in [-0.1, -0.05) is 22.9 Å². The summed E-state index contributed by atoms with van der Waals surface area (Å²) in [7, 11) is -3.41. The second kappa shape index (κ2) is 6.10. The molecule has 1 saturated heterocycles. The van der Waals surface area contributed by atoms with Crippen molar-refractivity contribution in [2.45, 2.75) is 24.8 Å². The molecule has 1 aliphatic rings. The van der Waals surface area contributed by atoms with Gasteiger partial charge in [-0.05, 0) is 36.6 Å². The van der Waals surface area contributed by atoms with Gasteiger partial charge >= 0.3 is 0 Å². The molecule has 1 aliphatic heterocycles. The van der Waals surface area contributed by atoms with Gasteiger partial charge in [0.15, 0.2) is 0 Å². The van der Waals surface area contributed by atoms with Gasteiger partial charge in [0.05, 0.1) is 4.90 Å². The summed E-state index contributed by atoms with van der Waals surface area (Å²) in [5.41, 5.74) is 6.79. The van der Waals surface area contributed by atoms with Gasteiger partial charge in [0, 0.05) is 23.6 Å². The first-order valence-electron chi connectivity index (χ1n) is 5.84. The number of hydrogen-bond acceptors (Lipinski definition) is 3. The highest BCUT2D eigenvalue weighted by atomic mass is 79.9. The zero-order chi connectivity index (χ0) is 13.5. The first-order valence-corrected chi connectivity index (χ1v) is 8.07. The van der Waals surface area contributed by atoms with E-state index in [9.17, 15) is 8.42 Å². The van der Waals surface area contributed by atoms with E-state index < -0.39 is 10.0 Å². The van der Waals surface area contributed by atoms with Crippen LogP contribution in [0.5, 0.6) is 0 Å². The molecule has 0 amide bonds. The van der Waals surface area contributed by atoms with Crippen molar-refractivity contribution in [2.24, 2.45) is 11.7 Å². The van der Waals surface area contributed by atoms with Crippen molar-refractivity contribution in [3.8, 4) is 0 Å². The highest BCUT2D eigenvalue weighted by Gasteiger charge is 2.35. The lowest BCUT2D eigenvalue weighted by Gasteiger charge is -2.16. The molecule has 0 aliphatic carbocycles. The van der Waals surface area contributed by atoms with Crippen LogP contribution in [-0.4, -0.2) is 31.9 Å². The predicted octanol–water partition coefficient (Wildman–Crippen LogP) is 2.15. The molecule has 2 unspecified atom stereocenters. The topological polar surface area (TPSA) is 63.4 Å². The molecule has 0 saturated carbocycles. The molecule has 0 bridgehead atoms. The third kappa shape index (κ3) is 3.31. The van der Waals surface area contributed by atoms with Crippen molar-refractivity contribution in [2.75, 3.05) is 13.1 Å². The Morgan fingerprint density at radius 3 is 2.47 bits per heavy atom. The van der Waals surface area contributed by atoms with Gasteiger partial charge in [0.1, 0.15) is 0 Å². The third-order valence-electron chi connectivity index (χ3n) is 3.40. The third-order valence-corrected chi connectivity index (χ3v) is 6.12. The molecule has 0 radical (unpaired) electrons. The smallest absolute Gasteiger partial charge is 0.243 e. The van der Waals surface area contributed by atoms with Crippen molar-refractivity contribution in [3.63, 3.8) is 0 Å². The van der Waals surface area contributed by atoms with Crippen LogP contribution in [0, 0.1) is 12.8 Å². The van der Waals surface area contributed by atoms with Gasteiger partial charge < -0.3 is 5.73 Å². The minimum atomic E-state index is -3.41. The van der Waals surface area contributed by atoms with Crippen LogP contribution in [0.3, 0.4) is 0 Å². The van der Waals surface area contributed by atoms with Crippen molar-refractivity contribution in [1.82, 2.24) is 4.31 Å². The Morgan fingerprint density at radius 1 is 1.37 bits per heavy atom. The van der Waals surface area contributed by atoms with Gasteiger partial charge in [-0.3, -0.25) is 0 Å². The highest BCUT2D eigenvalue weighted by molar-refractivity contribution is 9.10. The maximum atomic E-state index is 12.4. The Labute approximate surface area is 128 Å². The Balaban J connectivity index is 0.00000180. The molecule has 1 heterocycles. The first kappa shape index (κ1) is 16.9. The molecule has 1 fully saturated rings. The maximum Gasteiger partial charge on any atom is 0.243 e. The second-order valence-electron chi connectivity index (χ2n) is 4.87. The van der Waals surface area contributed by atoms with Gasteiger partial charge in [-0.2, -0.15) is 4.31 Å². The normalized spacial score (nSPS) is 24.2. The summed E-state index contributed by atoms with van der Waals surface area (Å²) < 4.78 is 27.3. The van der Waals surface area contributed by atoms with E-state index in [2.05, 4.69) is 15.9 Å². The van der Waals surface area contributed by atoms with Crippen LogP contribution >= 0.6 is 28.3 Å². The molecule has 108 valence electrons. The minimum absolute atomic E-state index is 0. The molecule has 0 spiro atoms. The fourth-order valence-electron chi connectivity index (χ4n) is 2.07. The number of rotatable bonds is 2. The van der Waals surface area contributed by atoms with E-state index in [0.717, 1.165) is 10.0 Å². The molecule has 2 N–H and O–H groups in total. The fourth-order valence-corrected chi connectivity index (χ4v) is 3.98. The van der Waals surface area contributed by atoms with E-state index >= 15 is 0 Å². The van der Waals surface area contributed by atoms with Crippen LogP contribution in [0.2, 0.25) is 0 Å². The molecular formula is C12H18BrClN2O2S. The Hall–Kier alpha value is -0.140. The average molecular weight is 370 g/mol. The molecule has 1 aromatic rings. The molecular weight excluding hydrogens is 352 g/mol. The number of halogens is 2. The number of hydrogen-bond donors (Lipinski definition) is 1. The minimum Gasteiger partial charge on any atom is -0.326 e. The van der Waals surface area contributed by atoms with Gasteiger partial charge in [-0.15, -0.1) is 12.4 Å². The summed E-state index contributed by atoms with van der Waals surface area (Å²) in [4.78, 5) is 0.338. The van der Waals surface area contributed by atoms with E-state index in [1.54, 1.807) is 18.2 Å². The van der Waals surface area contributed by atoms with Gasteiger partial charge in [0.25, 0.3) is 0 Å². The van der Waals surface area contributed by atoms with Crippen LogP contribution < -0.4 is 5.73 Å². The molecule has 4 nitrogen and oxygen atoms in total. The zero-order valence-corrected chi connectivity index (χ0v) is 14.1. The molecule has 0 aromatic heterocycles. The number of nitrogens with two attached hydrogens (primary N) is 1. The standard InChI is InChI=1S/C12H17BrN2O2S.ClH/c1-8-5-10(3-4-11(8)13)18(16,17)15-6-9(2)12(14)7-15;/h3-5,9,12H,6-7,14H2,1-2H3;1H. The number of benzene rings is 1. The van der Waals surface area contributed by atoms with Crippen molar-refractivity contribution in [3.05, 3.63) is 28.2 Å². The van der Waals surface area contributed by atoms with Crippen molar-refractivity contribution >= 4 is 38.4 Å². The molecule has 19 heavy (non-hydrogen) atoms. The Kier molecular flexibility index (Phi) is 5.43. The van der Waals surface area contributed by atoms with E-state index in [-0.39, 0.29) is 24.4 Å². The van der Waals surface area contributed by atoms with Crippen molar-refractivity contribution < 1.29 is 8.42 Å². The van der Waals surface area contributed by atoms with Crippen LogP contribution in [0.15, 0.2) is 27.6 Å². The SMILES string of the molecule is Cc1cc(S(=O)(=O)N2CC(C)C(N)C2)ccc1Br.Cl. The van der Waals surface area contributed by atoms with Crippen LogP contribution in [0.4, 0.5) is 0 Å². The van der Waals surface area contributed by atoms with Gasteiger partial charge in [-0.25, -0.2) is 8.42 Å². The summed E-state index contributed by atoms with van der Waals surface area (Å²) >= 11 is 3.37. The average Bonchev–Trinajstić information content (AvgIpc) is 2.64. The Morgan fingerprint density at radius 2 is 2.00 bits per heavy atom. The van der Waals surface area contributed by atoms with Gasteiger partial charge in [0.2, 0.25) is 10.0 Å². The molecule has 2 rings (SSSR count). The van der Waals surface area contributed by atoms with E-state index in [1.165, 1.54) is 4.31 Å². The molecule has 1 aromatic carbocycles. The molecule has 7 heteroatoms. The Bertz CT molecular complexity index is 555. The summed E-state index contributed by atoms with van der Waals surface area (Å²) in [5.74, 6) is 0.205. The first-order chi connectivity index (χ1) is 8.32. The van der Waals surface area contributed by atoms with Crippen LogP contribution in [0.25, 0.3) is 0 Å². The van der Waals surface area contributed by atoms with E-state index in [4.69, 9.17) is 5.73 Å². The second-order valence-corrected chi connectivity index (χ2v) is 7.67. The monoisotopic (exact) mass is 368 g/mol. The summed E-state index contributed by atoms with van der Waals surface area (Å²) in [6, 6.07) is 5.01. The zero-order valence-electron chi connectivity index (χ0n) is 10.8. The van der Waals surface area contributed by atoms with Crippen molar-refractivity contribution in [1.29, 1.82) is 0 Å².